The number of aromatic carboxylic acids is 1. The van der Waals surface area contributed by atoms with E-state index in [0.29, 0.717) is 5.56 Å². The minimum atomic E-state index is -0.902. The summed E-state index contributed by atoms with van der Waals surface area (Å²) >= 11 is 0. The Morgan fingerprint density at radius 3 is 2.05 bits per heavy atom. The van der Waals surface area contributed by atoms with Crippen molar-refractivity contribution in [3.05, 3.63) is 90.5 Å². The van der Waals surface area contributed by atoms with Gasteiger partial charge < -0.3 is 5.11 Å². The molecule has 0 amide bonds. The monoisotopic (exact) mass is 266 g/mol. The predicted molar refractivity (Wildman–Crippen MR) is 83.8 cm³/mol. The second-order valence-electron chi connectivity index (χ2n) is 4.11. The van der Waals surface area contributed by atoms with E-state index in [4.69, 9.17) is 5.11 Å². The van der Waals surface area contributed by atoms with Gasteiger partial charge in [-0.25, -0.2) is 4.79 Å². The second kappa shape index (κ2) is 8.48. The number of benzene rings is 2. The Morgan fingerprint density at radius 1 is 1.00 bits per heavy atom. The molecule has 0 atom stereocenters. The Kier molecular flexibility index (Phi) is 6.55. The van der Waals surface area contributed by atoms with E-state index in [2.05, 4.69) is 25.3 Å². The molecule has 2 rings (SSSR count). The third-order valence-electron chi connectivity index (χ3n) is 2.62. The molecule has 0 unspecified atom stereocenters. The minimum absolute atomic E-state index is 0.301. The average Bonchev–Trinajstić information content (AvgIpc) is 2.49. The molecule has 0 aliphatic carbocycles. The molecular weight excluding hydrogens is 248 g/mol. The largest absolute Gasteiger partial charge is 0.478 e. The molecule has 102 valence electrons. The summed E-state index contributed by atoms with van der Waals surface area (Å²) in [6.07, 6.45) is 4.56. The van der Waals surface area contributed by atoms with Crippen molar-refractivity contribution >= 4 is 12.0 Å². The summed E-state index contributed by atoms with van der Waals surface area (Å²) < 4.78 is 0. The SMILES string of the molecule is C=CCc1ccccc1.C=Cc1ccc(C(=O)O)cc1. The Hall–Kier alpha value is -2.61. The van der Waals surface area contributed by atoms with E-state index in [1.807, 2.05) is 24.3 Å². The molecule has 0 aliphatic rings. The van der Waals surface area contributed by atoms with E-state index in [1.54, 1.807) is 30.3 Å². The molecule has 0 spiro atoms. The highest BCUT2D eigenvalue weighted by Gasteiger charge is 1.99. The lowest BCUT2D eigenvalue weighted by Crippen LogP contribution is -1.94. The Morgan fingerprint density at radius 2 is 1.60 bits per heavy atom. The molecule has 0 fully saturated rings. The highest BCUT2D eigenvalue weighted by atomic mass is 16.4. The van der Waals surface area contributed by atoms with E-state index < -0.39 is 5.97 Å². The summed E-state index contributed by atoms with van der Waals surface area (Å²) in [4.78, 5) is 10.4. The molecule has 0 saturated heterocycles. The third kappa shape index (κ3) is 5.36. The van der Waals surface area contributed by atoms with Gasteiger partial charge in [-0.1, -0.05) is 61.2 Å². The molecule has 2 aromatic rings. The molecule has 0 bridgehead atoms. The van der Waals surface area contributed by atoms with Crippen LogP contribution in [0.5, 0.6) is 0 Å². The Labute approximate surface area is 119 Å². The fourth-order valence-electron chi connectivity index (χ4n) is 1.54. The van der Waals surface area contributed by atoms with Crippen LogP contribution in [0.25, 0.3) is 6.08 Å². The molecule has 20 heavy (non-hydrogen) atoms. The van der Waals surface area contributed by atoms with Crippen molar-refractivity contribution < 1.29 is 9.90 Å². The van der Waals surface area contributed by atoms with Gasteiger partial charge >= 0.3 is 5.97 Å². The van der Waals surface area contributed by atoms with Crippen molar-refractivity contribution in [2.75, 3.05) is 0 Å². The smallest absolute Gasteiger partial charge is 0.335 e. The van der Waals surface area contributed by atoms with Crippen molar-refractivity contribution in [2.45, 2.75) is 6.42 Å². The van der Waals surface area contributed by atoms with Crippen LogP contribution in [0.2, 0.25) is 0 Å². The van der Waals surface area contributed by atoms with Crippen LogP contribution in [0.15, 0.2) is 73.8 Å². The highest BCUT2D eigenvalue weighted by molar-refractivity contribution is 5.87. The Balaban J connectivity index is 0.000000204. The highest BCUT2D eigenvalue weighted by Crippen LogP contribution is 2.04. The van der Waals surface area contributed by atoms with Gasteiger partial charge in [0.15, 0.2) is 0 Å². The lowest BCUT2D eigenvalue weighted by molar-refractivity contribution is 0.0697. The molecule has 0 aliphatic heterocycles. The van der Waals surface area contributed by atoms with Gasteiger partial charge in [0.25, 0.3) is 0 Å². The summed E-state index contributed by atoms with van der Waals surface area (Å²) in [6, 6.07) is 16.8. The first-order valence-electron chi connectivity index (χ1n) is 6.28. The number of hydrogen-bond donors (Lipinski definition) is 1. The maximum Gasteiger partial charge on any atom is 0.335 e. The van der Waals surface area contributed by atoms with Gasteiger partial charge in [-0.05, 0) is 29.7 Å². The van der Waals surface area contributed by atoms with Gasteiger partial charge in [-0.15, -0.1) is 6.58 Å². The average molecular weight is 266 g/mol. The fraction of sp³-hybridized carbons (Fsp3) is 0.0556. The first kappa shape index (κ1) is 15.4. The third-order valence-corrected chi connectivity index (χ3v) is 2.62. The van der Waals surface area contributed by atoms with Crippen molar-refractivity contribution in [1.82, 2.24) is 0 Å². The summed E-state index contributed by atoms with van der Waals surface area (Å²) in [5.74, 6) is -0.902. The van der Waals surface area contributed by atoms with Gasteiger partial charge in [0.05, 0.1) is 5.56 Å². The minimum Gasteiger partial charge on any atom is -0.478 e. The van der Waals surface area contributed by atoms with Crippen LogP contribution >= 0.6 is 0 Å². The molecule has 2 aromatic carbocycles. The lowest BCUT2D eigenvalue weighted by Gasteiger charge is -1.93. The molecule has 0 radical (unpaired) electrons. The number of rotatable bonds is 4. The molecule has 2 nitrogen and oxygen atoms in total. The number of carboxylic acids is 1. The zero-order chi connectivity index (χ0) is 14.8. The molecule has 0 saturated carbocycles. The molecule has 0 aromatic heterocycles. The van der Waals surface area contributed by atoms with E-state index in [9.17, 15) is 4.79 Å². The van der Waals surface area contributed by atoms with Crippen LogP contribution < -0.4 is 0 Å². The van der Waals surface area contributed by atoms with Crippen LogP contribution in [0.1, 0.15) is 21.5 Å². The van der Waals surface area contributed by atoms with Crippen molar-refractivity contribution in [3.63, 3.8) is 0 Å². The van der Waals surface area contributed by atoms with Gasteiger partial charge in [0.2, 0.25) is 0 Å². The molecular formula is C18H18O2. The van der Waals surface area contributed by atoms with E-state index in [1.165, 1.54) is 5.56 Å². The lowest BCUT2D eigenvalue weighted by atomic mass is 10.1. The summed E-state index contributed by atoms with van der Waals surface area (Å²) in [6.45, 7) is 7.21. The van der Waals surface area contributed by atoms with Crippen molar-refractivity contribution in [3.8, 4) is 0 Å². The second-order valence-corrected chi connectivity index (χ2v) is 4.11. The molecule has 2 heteroatoms. The van der Waals surface area contributed by atoms with E-state index in [-0.39, 0.29) is 0 Å². The summed E-state index contributed by atoms with van der Waals surface area (Å²) in [5.41, 5.74) is 2.55. The number of hydrogen-bond acceptors (Lipinski definition) is 1. The van der Waals surface area contributed by atoms with Crippen LogP contribution in [-0.2, 0) is 6.42 Å². The molecule has 1 N–H and O–H groups in total. The van der Waals surface area contributed by atoms with Crippen LogP contribution in [-0.4, -0.2) is 11.1 Å². The zero-order valence-electron chi connectivity index (χ0n) is 11.3. The topological polar surface area (TPSA) is 37.3 Å². The molecule has 0 heterocycles. The van der Waals surface area contributed by atoms with Crippen molar-refractivity contribution in [2.24, 2.45) is 0 Å². The predicted octanol–water partition coefficient (Wildman–Crippen LogP) is 4.44. The quantitative estimate of drug-likeness (QED) is 0.830. The number of carboxylic acid groups (broad SMARTS) is 1. The van der Waals surface area contributed by atoms with E-state index in [0.717, 1.165) is 12.0 Å². The van der Waals surface area contributed by atoms with E-state index >= 15 is 0 Å². The summed E-state index contributed by atoms with van der Waals surface area (Å²) in [5, 5.41) is 8.52. The van der Waals surface area contributed by atoms with Crippen molar-refractivity contribution in [1.29, 1.82) is 0 Å². The first-order chi connectivity index (χ1) is 9.67. The normalized spacial score (nSPS) is 9.00. The zero-order valence-corrected chi connectivity index (χ0v) is 11.3. The first-order valence-corrected chi connectivity index (χ1v) is 6.28. The number of allylic oxidation sites excluding steroid dienone is 1. The fourth-order valence-corrected chi connectivity index (χ4v) is 1.54. The van der Waals surface area contributed by atoms with Gasteiger partial charge in [-0.2, -0.15) is 0 Å². The Bertz CT molecular complexity index is 554. The maximum atomic E-state index is 10.4. The summed E-state index contributed by atoms with van der Waals surface area (Å²) in [7, 11) is 0. The van der Waals surface area contributed by atoms with Crippen LogP contribution in [0.3, 0.4) is 0 Å². The standard InChI is InChI=1S/C9H8O2.C9H10/c1-2-7-3-5-8(6-4-7)9(10)11;1-2-6-9-7-4-3-5-8-9/h2-6H,1H2,(H,10,11);2-5,7-8H,1,6H2. The van der Waals surface area contributed by atoms with Crippen LogP contribution in [0.4, 0.5) is 0 Å². The van der Waals surface area contributed by atoms with Gasteiger partial charge in [0, 0.05) is 0 Å². The maximum absolute atomic E-state index is 10.4. The van der Waals surface area contributed by atoms with Crippen LogP contribution in [0, 0.1) is 0 Å². The van der Waals surface area contributed by atoms with Gasteiger partial charge in [-0.3, -0.25) is 0 Å². The number of carbonyl (C=O) groups is 1. The van der Waals surface area contributed by atoms with Gasteiger partial charge in [0.1, 0.15) is 0 Å².